The molecule has 0 aliphatic heterocycles. The quantitative estimate of drug-likeness (QED) is 0.547. The lowest BCUT2D eigenvalue weighted by Gasteiger charge is -2.28. The molecule has 0 aliphatic carbocycles. The number of hydrogen-bond acceptors (Lipinski definition) is 7. The van der Waals surface area contributed by atoms with Crippen molar-refractivity contribution >= 4 is 44.6 Å². The number of carbonyl (C=O) groups excluding carboxylic acids is 1. The maximum atomic E-state index is 12.9. The van der Waals surface area contributed by atoms with Gasteiger partial charge in [0.05, 0.1) is 16.3 Å². The number of nitrogens with zero attached hydrogens (tertiary/aromatic N) is 3. The molecule has 1 amide bonds. The predicted molar refractivity (Wildman–Crippen MR) is 123 cm³/mol. The van der Waals surface area contributed by atoms with E-state index in [0.29, 0.717) is 11.4 Å². The number of aryl methyl sites for hydroxylation is 1. The Morgan fingerprint density at radius 3 is 2.72 bits per heavy atom. The third-order valence-corrected chi connectivity index (χ3v) is 6.98. The van der Waals surface area contributed by atoms with Gasteiger partial charge < -0.3 is 15.5 Å². The van der Waals surface area contributed by atoms with E-state index in [2.05, 4.69) is 57.7 Å². The molecule has 0 saturated heterocycles. The molecule has 1 unspecified atom stereocenters. The fourth-order valence-electron chi connectivity index (χ4n) is 3.52. The second-order valence-electron chi connectivity index (χ2n) is 8.42. The van der Waals surface area contributed by atoms with Crippen molar-refractivity contribution < 1.29 is 4.79 Å². The maximum Gasteiger partial charge on any atom is 0.261 e. The maximum absolute atomic E-state index is 12.9. The Balaban J connectivity index is 1.81. The van der Waals surface area contributed by atoms with Crippen molar-refractivity contribution in [3.05, 3.63) is 39.2 Å². The van der Waals surface area contributed by atoms with Gasteiger partial charge in [0.1, 0.15) is 17.0 Å². The molecule has 0 saturated carbocycles. The number of fused-ring (bicyclic) bond motifs is 1. The Bertz CT molecular complexity index is 979. The number of amides is 1. The first-order chi connectivity index (χ1) is 13.7. The van der Waals surface area contributed by atoms with Gasteiger partial charge >= 0.3 is 0 Å². The highest BCUT2D eigenvalue weighted by atomic mass is 32.1. The fourth-order valence-corrected chi connectivity index (χ4v) is 5.32. The molecule has 0 aliphatic rings. The van der Waals surface area contributed by atoms with Crippen LogP contribution in [0.4, 0.5) is 5.82 Å². The molecule has 3 aromatic heterocycles. The van der Waals surface area contributed by atoms with E-state index in [1.54, 1.807) is 17.7 Å². The van der Waals surface area contributed by atoms with Gasteiger partial charge in [-0.15, -0.1) is 22.7 Å². The molecule has 6 nitrogen and oxygen atoms in total. The van der Waals surface area contributed by atoms with Crippen molar-refractivity contribution in [1.82, 2.24) is 20.2 Å². The second-order valence-corrected chi connectivity index (χ2v) is 10.4. The molecule has 2 N–H and O–H groups in total. The molecule has 3 rings (SSSR count). The van der Waals surface area contributed by atoms with E-state index in [1.807, 2.05) is 27.1 Å². The van der Waals surface area contributed by atoms with E-state index in [9.17, 15) is 4.79 Å². The van der Waals surface area contributed by atoms with Crippen LogP contribution in [-0.4, -0.2) is 48.0 Å². The van der Waals surface area contributed by atoms with Gasteiger partial charge in [0.2, 0.25) is 0 Å². The minimum Gasteiger partial charge on any atom is -0.362 e. The van der Waals surface area contributed by atoms with Crippen LogP contribution >= 0.6 is 22.7 Å². The monoisotopic (exact) mass is 431 g/mol. The second kappa shape index (κ2) is 8.77. The molecule has 0 aromatic carbocycles. The first-order valence-corrected chi connectivity index (χ1v) is 11.3. The third-order valence-electron chi connectivity index (χ3n) is 4.73. The van der Waals surface area contributed by atoms with Crippen LogP contribution in [0.2, 0.25) is 0 Å². The molecule has 0 fully saturated rings. The van der Waals surface area contributed by atoms with Crippen LogP contribution in [-0.2, 0) is 0 Å². The zero-order valence-electron chi connectivity index (χ0n) is 17.9. The lowest BCUT2D eigenvalue weighted by molar-refractivity contribution is 0.0933. The summed E-state index contributed by atoms with van der Waals surface area (Å²) >= 11 is 3.14. The van der Waals surface area contributed by atoms with Crippen molar-refractivity contribution in [2.24, 2.45) is 5.41 Å². The van der Waals surface area contributed by atoms with Gasteiger partial charge in [0, 0.05) is 18.0 Å². The summed E-state index contributed by atoms with van der Waals surface area (Å²) in [5, 5.41) is 9.59. The van der Waals surface area contributed by atoms with Crippen LogP contribution in [0, 0.1) is 12.3 Å². The van der Waals surface area contributed by atoms with Gasteiger partial charge in [-0.3, -0.25) is 4.79 Å². The van der Waals surface area contributed by atoms with E-state index in [-0.39, 0.29) is 17.4 Å². The van der Waals surface area contributed by atoms with Crippen molar-refractivity contribution in [3.63, 3.8) is 0 Å². The topological polar surface area (TPSA) is 70.2 Å². The van der Waals surface area contributed by atoms with Crippen LogP contribution in [0.5, 0.6) is 0 Å². The first-order valence-electron chi connectivity index (χ1n) is 9.65. The molecular weight excluding hydrogens is 402 g/mol. The third kappa shape index (κ3) is 5.12. The minimum absolute atomic E-state index is 0.00753. The lowest BCUT2D eigenvalue weighted by atomic mass is 9.93. The van der Waals surface area contributed by atoms with Gasteiger partial charge in [-0.1, -0.05) is 19.9 Å². The van der Waals surface area contributed by atoms with Crippen LogP contribution in [0.15, 0.2) is 23.8 Å². The summed E-state index contributed by atoms with van der Waals surface area (Å²) < 4.78 is 0. The molecule has 0 spiro atoms. The highest BCUT2D eigenvalue weighted by Crippen LogP contribution is 2.35. The predicted octanol–water partition coefficient (Wildman–Crippen LogP) is 4.55. The van der Waals surface area contributed by atoms with E-state index in [1.165, 1.54) is 16.2 Å². The summed E-state index contributed by atoms with van der Waals surface area (Å²) in [7, 11) is 4.09. The molecule has 156 valence electrons. The zero-order chi connectivity index (χ0) is 21.2. The van der Waals surface area contributed by atoms with Crippen molar-refractivity contribution in [2.75, 3.05) is 32.5 Å². The molecule has 8 heteroatoms. The number of hydrogen-bond donors (Lipinski definition) is 2. The fraction of sp³-hybridized carbons (Fsp3) is 0.476. The van der Waals surface area contributed by atoms with Crippen LogP contribution in [0.1, 0.15) is 46.9 Å². The number of carbonyl (C=O) groups is 1. The molecule has 0 radical (unpaired) electrons. The highest BCUT2D eigenvalue weighted by Gasteiger charge is 2.24. The summed E-state index contributed by atoms with van der Waals surface area (Å²) in [4.78, 5) is 26.7. The zero-order valence-corrected chi connectivity index (χ0v) is 19.5. The smallest absolute Gasteiger partial charge is 0.261 e. The van der Waals surface area contributed by atoms with Gasteiger partial charge in [-0.25, -0.2) is 9.97 Å². The number of rotatable bonds is 8. The average molecular weight is 432 g/mol. The number of aromatic nitrogens is 2. The minimum atomic E-state index is -0.0467. The molecule has 1 atom stereocenters. The summed E-state index contributed by atoms with van der Waals surface area (Å²) in [6.45, 7) is 9.92. The Kier molecular flexibility index (Phi) is 6.55. The standard InChI is InChI=1S/C21H29N5OS2/c1-13-16-18(25-14(2)15-8-7-9-28-15)23-12-24-20(16)29-17(13)19(27)22-10-21(3,4)11-26(5)6/h7-9,12,14H,10-11H2,1-6H3,(H,22,27)(H,23,24,25). The average Bonchev–Trinajstić information content (AvgIpc) is 3.28. The Labute approximate surface area is 180 Å². The summed E-state index contributed by atoms with van der Waals surface area (Å²) in [6.07, 6.45) is 1.56. The van der Waals surface area contributed by atoms with Gasteiger partial charge in [0.25, 0.3) is 5.91 Å². The van der Waals surface area contributed by atoms with E-state index >= 15 is 0 Å². The Morgan fingerprint density at radius 1 is 1.31 bits per heavy atom. The van der Waals surface area contributed by atoms with Gasteiger partial charge in [-0.2, -0.15) is 0 Å². The number of thiophene rings is 2. The van der Waals surface area contributed by atoms with Crippen molar-refractivity contribution in [3.8, 4) is 0 Å². The van der Waals surface area contributed by atoms with Gasteiger partial charge in [-0.05, 0) is 50.4 Å². The van der Waals surface area contributed by atoms with Crippen molar-refractivity contribution in [2.45, 2.75) is 33.7 Å². The van der Waals surface area contributed by atoms with Crippen molar-refractivity contribution in [1.29, 1.82) is 0 Å². The Hall–Kier alpha value is -2.03. The van der Waals surface area contributed by atoms with E-state index in [4.69, 9.17) is 0 Å². The van der Waals surface area contributed by atoms with E-state index in [0.717, 1.165) is 28.1 Å². The summed E-state index contributed by atoms with van der Waals surface area (Å²) in [5.74, 6) is 0.728. The molecule has 3 aromatic rings. The summed E-state index contributed by atoms with van der Waals surface area (Å²) in [6, 6.07) is 4.29. The number of nitrogens with one attached hydrogen (secondary N) is 2. The Morgan fingerprint density at radius 2 is 2.07 bits per heavy atom. The SMILES string of the molecule is Cc1c(C(=O)NCC(C)(C)CN(C)C)sc2ncnc(NC(C)c3cccs3)c12. The highest BCUT2D eigenvalue weighted by molar-refractivity contribution is 7.20. The molecule has 3 heterocycles. The summed E-state index contributed by atoms with van der Waals surface area (Å²) in [5.41, 5.74) is 0.918. The van der Waals surface area contributed by atoms with Crippen LogP contribution < -0.4 is 10.6 Å². The molecule has 0 bridgehead atoms. The van der Waals surface area contributed by atoms with Crippen LogP contribution in [0.3, 0.4) is 0 Å². The number of anilines is 1. The molecular formula is C21H29N5OS2. The largest absolute Gasteiger partial charge is 0.362 e. The van der Waals surface area contributed by atoms with Gasteiger partial charge in [0.15, 0.2) is 0 Å². The first kappa shape index (κ1) is 21.7. The molecule has 29 heavy (non-hydrogen) atoms. The lowest BCUT2D eigenvalue weighted by Crippen LogP contribution is -2.39. The normalized spacial score (nSPS) is 13.1. The van der Waals surface area contributed by atoms with Crippen LogP contribution in [0.25, 0.3) is 10.2 Å². The van der Waals surface area contributed by atoms with E-state index < -0.39 is 0 Å².